The Morgan fingerprint density at radius 1 is 0.816 bits per heavy atom. The van der Waals surface area contributed by atoms with Crippen LogP contribution in [0.4, 0.5) is 5.69 Å². The van der Waals surface area contributed by atoms with Gasteiger partial charge in [-0.2, -0.15) is 0 Å². The van der Waals surface area contributed by atoms with Gasteiger partial charge in [-0.25, -0.2) is 8.42 Å². The van der Waals surface area contributed by atoms with Gasteiger partial charge < -0.3 is 10.2 Å². The Morgan fingerprint density at radius 3 is 1.92 bits per heavy atom. The summed E-state index contributed by atoms with van der Waals surface area (Å²) in [5, 5.41) is 2.86. The Labute approximate surface area is 226 Å². The van der Waals surface area contributed by atoms with Crippen LogP contribution < -0.4 is 9.62 Å². The third kappa shape index (κ3) is 7.01. The van der Waals surface area contributed by atoms with Crippen LogP contribution in [-0.2, 0) is 26.2 Å². The smallest absolute Gasteiger partial charge is 0.264 e. The van der Waals surface area contributed by atoms with Crippen LogP contribution in [0.15, 0.2) is 77.7 Å². The molecule has 3 rings (SSSR count). The molecule has 3 aromatic carbocycles. The molecule has 0 heterocycles. The zero-order chi connectivity index (χ0) is 28.0. The maximum atomic E-state index is 13.9. The molecule has 1 N–H and O–H groups in total. The van der Waals surface area contributed by atoms with Gasteiger partial charge in [0.2, 0.25) is 11.8 Å². The van der Waals surface area contributed by atoms with Crippen LogP contribution in [0.3, 0.4) is 0 Å². The summed E-state index contributed by atoms with van der Waals surface area (Å²) in [6.07, 6.45) is 0. The number of aryl methyl sites for hydroxylation is 3. The molecule has 202 valence electrons. The molecule has 0 spiro atoms. The van der Waals surface area contributed by atoms with E-state index in [1.807, 2.05) is 58.0 Å². The Morgan fingerprint density at radius 2 is 1.37 bits per heavy atom. The lowest BCUT2D eigenvalue weighted by atomic mass is 10.1. The number of anilines is 1. The van der Waals surface area contributed by atoms with Gasteiger partial charge in [-0.3, -0.25) is 13.9 Å². The summed E-state index contributed by atoms with van der Waals surface area (Å²) in [5.41, 5.74) is 3.98. The molecule has 0 aromatic heterocycles. The van der Waals surface area contributed by atoms with Gasteiger partial charge in [0.1, 0.15) is 12.6 Å². The molecule has 0 saturated heterocycles. The van der Waals surface area contributed by atoms with Crippen molar-refractivity contribution in [2.24, 2.45) is 0 Å². The largest absolute Gasteiger partial charge is 0.352 e. The Bertz CT molecular complexity index is 1370. The Kier molecular flexibility index (Phi) is 9.33. The van der Waals surface area contributed by atoms with Gasteiger partial charge in [-0.15, -0.1) is 0 Å². The van der Waals surface area contributed by atoms with Crippen LogP contribution in [0, 0.1) is 20.8 Å². The zero-order valence-electron chi connectivity index (χ0n) is 22.9. The van der Waals surface area contributed by atoms with Crippen LogP contribution in [-0.4, -0.2) is 43.8 Å². The summed E-state index contributed by atoms with van der Waals surface area (Å²) in [6, 6.07) is 20.4. The van der Waals surface area contributed by atoms with Gasteiger partial charge in [0.05, 0.1) is 10.6 Å². The molecule has 0 fully saturated rings. The monoisotopic (exact) mass is 535 g/mol. The van der Waals surface area contributed by atoms with E-state index in [4.69, 9.17) is 0 Å². The van der Waals surface area contributed by atoms with Crippen LogP contribution in [0.2, 0.25) is 0 Å². The predicted octanol–water partition coefficient (Wildman–Crippen LogP) is 4.75. The molecule has 0 bridgehead atoms. The summed E-state index contributed by atoms with van der Waals surface area (Å²) < 4.78 is 28.9. The molecule has 7 nitrogen and oxygen atoms in total. The summed E-state index contributed by atoms with van der Waals surface area (Å²) in [6.45, 7) is 10.7. The van der Waals surface area contributed by atoms with Crippen LogP contribution >= 0.6 is 0 Å². The molecule has 1 unspecified atom stereocenters. The summed E-state index contributed by atoms with van der Waals surface area (Å²) in [4.78, 5) is 28.4. The molecule has 8 heteroatoms. The highest BCUT2D eigenvalue weighted by Gasteiger charge is 2.33. The number of hydrogen-bond acceptors (Lipinski definition) is 4. The maximum Gasteiger partial charge on any atom is 0.264 e. The van der Waals surface area contributed by atoms with Crippen molar-refractivity contribution in [3.63, 3.8) is 0 Å². The first kappa shape index (κ1) is 28.9. The average molecular weight is 536 g/mol. The minimum atomic E-state index is -4.08. The molecule has 2 amide bonds. The van der Waals surface area contributed by atoms with Gasteiger partial charge in [0.15, 0.2) is 0 Å². The van der Waals surface area contributed by atoms with Crippen molar-refractivity contribution in [3.05, 3.63) is 95.1 Å². The lowest BCUT2D eigenvalue weighted by molar-refractivity contribution is -0.139. The van der Waals surface area contributed by atoms with Crippen LogP contribution in [0.5, 0.6) is 0 Å². The number of hydrogen-bond donors (Lipinski definition) is 1. The van der Waals surface area contributed by atoms with E-state index < -0.39 is 28.5 Å². The molecule has 0 aliphatic rings. The van der Waals surface area contributed by atoms with E-state index in [9.17, 15) is 18.0 Å². The van der Waals surface area contributed by atoms with Crippen molar-refractivity contribution in [1.82, 2.24) is 10.2 Å². The predicted molar refractivity (Wildman–Crippen MR) is 151 cm³/mol. The van der Waals surface area contributed by atoms with E-state index in [2.05, 4.69) is 5.32 Å². The number of sulfonamides is 1. The Balaban J connectivity index is 2.04. The zero-order valence-corrected chi connectivity index (χ0v) is 23.7. The van der Waals surface area contributed by atoms with Crippen LogP contribution in [0.1, 0.15) is 43.0 Å². The first-order valence-electron chi connectivity index (χ1n) is 12.7. The number of para-hydroxylation sites is 1. The van der Waals surface area contributed by atoms with Crippen molar-refractivity contribution < 1.29 is 18.0 Å². The number of amides is 2. The van der Waals surface area contributed by atoms with Crippen molar-refractivity contribution in [1.29, 1.82) is 0 Å². The Hall–Kier alpha value is -3.65. The fraction of sp³-hybridized carbons (Fsp3) is 0.333. The van der Waals surface area contributed by atoms with E-state index in [1.165, 1.54) is 4.90 Å². The fourth-order valence-corrected chi connectivity index (χ4v) is 5.55. The van der Waals surface area contributed by atoms with E-state index in [-0.39, 0.29) is 23.4 Å². The first-order valence-corrected chi connectivity index (χ1v) is 14.1. The normalized spacial score (nSPS) is 12.2. The summed E-state index contributed by atoms with van der Waals surface area (Å²) in [7, 11) is -4.08. The number of carbonyl (C=O) groups excluding carboxylic acids is 2. The molecule has 0 saturated carbocycles. The van der Waals surface area contributed by atoms with Crippen molar-refractivity contribution in [3.8, 4) is 0 Å². The molecule has 3 aromatic rings. The first-order chi connectivity index (χ1) is 17.9. The number of carbonyl (C=O) groups is 2. The highest BCUT2D eigenvalue weighted by atomic mass is 32.2. The minimum absolute atomic E-state index is 0.0924. The molecular weight excluding hydrogens is 498 g/mol. The quantitative estimate of drug-likeness (QED) is 0.406. The van der Waals surface area contributed by atoms with Crippen LogP contribution in [0.25, 0.3) is 0 Å². The van der Waals surface area contributed by atoms with Crippen molar-refractivity contribution in [2.75, 3.05) is 10.8 Å². The topological polar surface area (TPSA) is 86.8 Å². The lowest BCUT2D eigenvalue weighted by Crippen LogP contribution is -2.52. The third-order valence-corrected chi connectivity index (χ3v) is 8.12. The molecule has 38 heavy (non-hydrogen) atoms. The fourth-order valence-electron chi connectivity index (χ4n) is 4.07. The van der Waals surface area contributed by atoms with E-state index >= 15 is 0 Å². The van der Waals surface area contributed by atoms with Gasteiger partial charge >= 0.3 is 0 Å². The summed E-state index contributed by atoms with van der Waals surface area (Å²) >= 11 is 0. The highest BCUT2D eigenvalue weighted by molar-refractivity contribution is 7.92. The van der Waals surface area contributed by atoms with Gasteiger partial charge in [0, 0.05) is 12.6 Å². The molecule has 0 aliphatic carbocycles. The standard InChI is InChI=1S/C30H37N3O4S/c1-21(2)31-30(35)25(6)32(19-26-15-11-22(3)12-16-26)29(34)20-33(28-10-8-7-9-24(28)5)38(36,37)27-17-13-23(4)14-18-27/h7-18,21,25H,19-20H2,1-6H3,(H,31,35). The minimum Gasteiger partial charge on any atom is -0.352 e. The SMILES string of the molecule is Cc1ccc(CN(C(=O)CN(c2ccccc2C)S(=O)(=O)c2ccc(C)cc2)C(C)C(=O)NC(C)C)cc1. The number of nitrogens with one attached hydrogen (secondary N) is 1. The second-order valence-electron chi connectivity index (χ2n) is 9.96. The second-order valence-corrected chi connectivity index (χ2v) is 11.8. The van der Waals surface area contributed by atoms with Crippen molar-refractivity contribution in [2.45, 2.75) is 65.1 Å². The van der Waals surface area contributed by atoms with E-state index in [1.54, 1.807) is 56.3 Å². The lowest BCUT2D eigenvalue weighted by Gasteiger charge is -2.32. The molecule has 0 aliphatic heterocycles. The molecule has 0 radical (unpaired) electrons. The van der Waals surface area contributed by atoms with Gasteiger partial charge in [-0.05, 0) is 70.9 Å². The van der Waals surface area contributed by atoms with Gasteiger partial charge in [0.25, 0.3) is 10.0 Å². The molecule has 1 atom stereocenters. The van der Waals surface area contributed by atoms with Crippen molar-refractivity contribution >= 4 is 27.5 Å². The average Bonchev–Trinajstić information content (AvgIpc) is 2.86. The number of rotatable bonds is 10. The van der Waals surface area contributed by atoms with E-state index in [0.29, 0.717) is 11.3 Å². The van der Waals surface area contributed by atoms with Gasteiger partial charge in [-0.1, -0.05) is 65.7 Å². The number of nitrogens with zero attached hydrogens (tertiary/aromatic N) is 2. The maximum absolute atomic E-state index is 13.9. The molecular formula is C30H37N3O4S. The number of benzene rings is 3. The summed E-state index contributed by atoms with van der Waals surface area (Å²) in [5.74, 6) is -0.778. The highest BCUT2D eigenvalue weighted by Crippen LogP contribution is 2.27. The third-order valence-electron chi connectivity index (χ3n) is 6.34. The second kappa shape index (κ2) is 12.3. The van der Waals surface area contributed by atoms with E-state index in [0.717, 1.165) is 21.0 Å².